The molecule has 3 heteroatoms. The van der Waals surface area contributed by atoms with Crippen LogP contribution in [-0.2, 0) is 5.41 Å². The van der Waals surface area contributed by atoms with Gasteiger partial charge >= 0.3 is 0 Å². The van der Waals surface area contributed by atoms with Crippen LogP contribution in [0.25, 0.3) is 66.5 Å². The van der Waals surface area contributed by atoms with Crippen LogP contribution in [-0.4, -0.2) is 14.1 Å². The van der Waals surface area contributed by atoms with E-state index in [1.807, 2.05) is 6.20 Å². The third-order valence-electron chi connectivity index (χ3n) is 9.29. The molecule has 0 amide bonds. The molecule has 8 aromatic rings. The summed E-state index contributed by atoms with van der Waals surface area (Å²) < 4.78 is 4.92. The molecule has 0 spiro atoms. The van der Waals surface area contributed by atoms with Crippen molar-refractivity contribution in [2.24, 2.45) is 0 Å². The van der Waals surface area contributed by atoms with Crippen LogP contribution in [0.5, 0.6) is 0 Å². The third-order valence-corrected chi connectivity index (χ3v) is 9.29. The second kappa shape index (κ2) is 8.80. The van der Waals surface area contributed by atoms with E-state index in [2.05, 4.69) is 156 Å². The standard InChI is InChI=1S/C40H29N3/c1-40(2)33-18-12-22-41-38(33)37-32-17-8-11-21-36(32)43(39(37)40)29-24-27(26-13-4-3-5-14-26)23-28(25-29)42-34-19-9-6-15-30(34)31-16-7-10-20-35(31)42/h3-25H,1-2H3. The molecule has 1 aliphatic rings. The molecule has 0 fully saturated rings. The van der Waals surface area contributed by atoms with Crippen LogP contribution in [0.3, 0.4) is 0 Å². The zero-order valence-electron chi connectivity index (χ0n) is 24.1. The Hall–Kier alpha value is -5.41. The number of benzene rings is 5. The largest absolute Gasteiger partial charge is 0.312 e. The number of nitrogens with zero attached hydrogens (tertiary/aromatic N) is 3. The highest BCUT2D eigenvalue weighted by Crippen LogP contribution is 2.53. The van der Waals surface area contributed by atoms with Gasteiger partial charge in [-0.2, -0.15) is 0 Å². The van der Waals surface area contributed by atoms with Crippen LogP contribution >= 0.6 is 0 Å². The normalized spacial score (nSPS) is 13.5. The van der Waals surface area contributed by atoms with E-state index < -0.39 is 0 Å². The zero-order valence-corrected chi connectivity index (χ0v) is 24.1. The van der Waals surface area contributed by atoms with Crippen molar-refractivity contribution in [3.8, 4) is 33.8 Å². The van der Waals surface area contributed by atoms with Gasteiger partial charge in [-0.25, -0.2) is 0 Å². The molecular formula is C40H29N3. The minimum atomic E-state index is -0.215. The summed E-state index contributed by atoms with van der Waals surface area (Å²) >= 11 is 0. The first-order chi connectivity index (χ1) is 21.1. The molecule has 0 N–H and O–H groups in total. The van der Waals surface area contributed by atoms with E-state index in [1.54, 1.807) is 0 Å². The Bertz CT molecular complexity index is 2320. The third kappa shape index (κ3) is 3.33. The minimum absolute atomic E-state index is 0.215. The van der Waals surface area contributed by atoms with Gasteiger partial charge in [0.1, 0.15) is 0 Å². The van der Waals surface area contributed by atoms with Crippen molar-refractivity contribution in [1.29, 1.82) is 0 Å². The Morgan fingerprint density at radius 1 is 0.512 bits per heavy atom. The van der Waals surface area contributed by atoms with Gasteiger partial charge in [-0.3, -0.25) is 4.98 Å². The van der Waals surface area contributed by atoms with Gasteiger partial charge in [-0.15, -0.1) is 0 Å². The van der Waals surface area contributed by atoms with Crippen molar-refractivity contribution in [3.05, 3.63) is 151 Å². The van der Waals surface area contributed by atoms with Gasteiger partial charge in [0.05, 0.1) is 22.2 Å². The van der Waals surface area contributed by atoms with Gasteiger partial charge in [0, 0.05) is 50.4 Å². The quantitative estimate of drug-likeness (QED) is 0.214. The van der Waals surface area contributed by atoms with Gasteiger partial charge in [0.2, 0.25) is 0 Å². The number of para-hydroxylation sites is 3. The number of fused-ring (bicyclic) bond motifs is 8. The number of rotatable bonds is 3. The smallest absolute Gasteiger partial charge is 0.0768 e. The maximum atomic E-state index is 4.93. The fourth-order valence-corrected chi connectivity index (χ4v) is 7.43. The monoisotopic (exact) mass is 551 g/mol. The average molecular weight is 552 g/mol. The number of hydrogen-bond acceptors (Lipinski definition) is 1. The van der Waals surface area contributed by atoms with E-state index in [0.717, 1.165) is 17.1 Å². The Labute approximate surface area is 250 Å². The van der Waals surface area contributed by atoms with Crippen LogP contribution in [0.1, 0.15) is 25.1 Å². The van der Waals surface area contributed by atoms with Crippen LogP contribution in [0.2, 0.25) is 0 Å². The number of pyridine rings is 1. The minimum Gasteiger partial charge on any atom is -0.312 e. The highest BCUT2D eigenvalue weighted by molar-refractivity contribution is 6.09. The van der Waals surface area contributed by atoms with E-state index in [4.69, 9.17) is 4.98 Å². The van der Waals surface area contributed by atoms with Crippen molar-refractivity contribution >= 4 is 32.7 Å². The highest BCUT2D eigenvalue weighted by atomic mass is 15.0. The maximum absolute atomic E-state index is 4.93. The zero-order chi connectivity index (χ0) is 28.7. The molecule has 1 aliphatic carbocycles. The summed E-state index contributed by atoms with van der Waals surface area (Å²) in [5, 5.41) is 3.77. The van der Waals surface area contributed by atoms with E-state index in [9.17, 15) is 0 Å². The number of aromatic nitrogens is 3. The summed E-state index contributed by atoms with van der Waals surface area (Å²) in [6.07, 6.45) is 1.92. The molecule has 0 saturated heterocycles. The van der Waals surface area contributed by atoms with Gasteiger partial charge in [-0.05, 0) is 59.2 Å². The predicted octanol–water partition coefficient (Wildman–Crippen LogP) is 10.1. The van der Waals surface area contributed by atoms with E-state index >= 15 is 0 Å². The number of hydrogen-bond donors (Lipinski definition) is 0. The molecule has 0 unspecified atom stereocenters. The van der Waals surface area contributed by atoms with Crippen LogP contribution in [0.15, 0.2) is 140 Å². The Morgan fingerprint density at radius 2 is 1.07 bits per heavy atom. The summed E-state index contributed by atoms with van der Waals surface area (Å²) in [7, 11) is 0. The Balaban J connectivity index is 1.42. The highest BCUT2D eigenvalue weighted by Gasteiger charge is 2.41. The first-order valence-electron chi connectivity index (χ1n) is 14.9. The summed E-state index contributed by atoms with van der Waals surface area (Å²) in [4.78, 5) is 4.93. The molecule has 0 aliphatic heterocycles. The molecule has 9 rings (SSSR count). The van der Waals surface area contributed by atoms with Gasteiger partial charge in [-0.1, -0.05) is 105 Å². The lowest BCUT2D eigenvalue weighted by molar-refractivity contribution is 0.622. The molecule has 0 saturated carbocycles. The van der Waals surface area contributed by atoms with Crippen LogP contribution in [0.4, 0.5) is 0 Å². The molecule has 3 nitrogen and oxygen atoms in total. The van der Waals surface area contributed by atoms with E-state index in [-0.39, 0.29) is 5.41 Å². The second-order valence-electron chi connectivity index (χ2n) is 12.1. The lowest BCUT2D eigenvalue weighted by Gasteiger charge is -2.25. The average Bonchev–Trinajstić information content (AvgIpc) is 3.66. The van der Waals surface area contributed by atoms with E-state index in [0.29, 0.717) is 0 Å². The van der Waals surface area contributed by atoms with Gasteiger partial charge < -0.3 is 9.13 Å². The summed E-state index contributed by atoms with van der Waals surface area (Å²) in [5.74, 6) is 0. The fourth-order valence-electron chi connectivity index (χ4n) is 7.43. The van der Waals surface area contributed by atoms with Crippen molar-refractivity contribution in [1.82, 2.24) is 14.1 Å². The summed E-state index contributed by atoms with van der Waals surface area (Å²) in [6.45, 7) is 4.67. The maximum Gasteiger partial charge on any atom is 0.0768 e. The molecule has 3 heterocycles. The topological polar surface area (TPSA) is 22.8 Å². The van der Waals surface area contributed by atoms with Crippen LogP contribution in [0, 0.1) is 0 Å². The van der Waals surface area contributed by atoms with Gasteiger partial charge in [0.25, 0.3) is 0 Å². The molecule has 5 aromatic carbocycles. The molecule has 0 atom stereocenters. The Kier molecular flexibility index (Phi) is 4.95. The molecule has 0 radical (unpaired) electrons. The van der Waals surface area contributed by atoms with Crippen molar-refractivity contribution in [2.45, 2.75) is 19.3 Å². The molecule has 204 valence electrons. The summed E-state index contributed by atoms with van der Waals surface area (Å²) in [5.41, 5.74) is 13.0. The van der Waals surface area contributed by atoms with Crippen molar-refractivity contribution in [2.75, 3.05) is 0 Å². The second-order valence-corrected chi connectivity index (χ2v) is 12.1. The molecule has 0 bridgehead atoms. The van der Waals surface area contributed by atoms with E-state index in [1.165, 1.54) is 60.7 Å². The van der Waals surface area contributed by atoms with Crippen LogP contribution < -0.4 is 0 Å². The fraction of sp³-hybridized carbons (Fsp3) is 0.0750. The first kappa shape index (κ1) is 24.2. The predicted molar refractivity (Wildman–Crippen MR) is 178 cm³/mol. The lowest BCUT2D eigenvalue weighted by Crippen LogP contribution is -2.20. The molecule has 43 heavy (non-hydrogen) atoms. The molecular weight excluding hydrogens is 522 g/mol. The summed E-state index contributed by atoms with van der Waals surface area (Å²) in [6, 6.07) is 48.4. The molecule has 3 aromatic heterocycles. The van der Waals surface area contributed by atoms with Gasteiger partial charge in [0.15, 0.2) is 0 Å². The first-order valence-corrected chi connectivity index (χ1v) is 14.9. The van der Waals surface area contributed by atoms with Crippen molar-refractivity contribution in [3.63, 3.8) is 0 Å². The van der Waals surface area contributed by atoms with Crippen molar-refractivity contribution < 1.29 is 0 Å². The lowest BCUT2D eigenvalue weighted by atomic mass is 9.86. The SMILES string of the molecule is CC1(C)c2cccnc2-c2c1n(-c1cc(-c3ccccc3)cc(-n3c4ccccc4c4ccccc43)c1)c1ccccc21. The Morgan fingerprint density at radius 3 is 1.74 bits per heavy atom.